The molecule has 0 fully saturated rings. The molecule has 0 bridgehead atoms. The summed E-state index contributed by atoms with van der Waals surface area (Å²) in [4.78, 5) is 31.8. The molecule has 2 rings (SSSR count). The van der Waals surface area contributed by atoms with E-state index >= 15 is 0 Å². The van der Waals surface area contributed by atoms with Gasteiger partial charge in [0.1, 0.15) is 0 Å². The molecule has 0 atom stereocenters. The van der Waals surface area contributed by atoms with Gasteiger partial charge < -0.3 is 5.11 Å². The molecule has 0 amide bonds. The monoisotopic (exact) mass is 343 g/mol. The summed E-state index contributed by atoms with van der Waals surface area (Å²) in [7, 11) is 0. The van der Waals surface area contributed by atoms with E-state index in [4.69, 9.17) is 5.11 Å². The van der Waals surface area contributed by atoms with Gasteiger partial charge in [0.25, 0.3) is 5.69 Å². The Bertz CT molecular complexity index is 696. The summed E-state index contributed by atoms with van der Waals surface area (Å²) in [5.41, 5.74) is 0.998. The molecule has 0 aliphatic rings. The van der Waals surface area contributed by atoms with Crippen LogP contribution in [0.3, 0.4) is 0 Å². The maximum absolute atomic E-state index is 12.0. The van der Waals surface area contributed by atoms with Crippen molar-refractivity contribution in [2.75, 3.05) is 0 Å². The lowest BCUT2D eigenvalue weighted by Crippen LogP contribution is -2.00. The Hall–Kier alpha value is -3.02. The highest BCUT2D eigenvalue weighted by atomic mass is 16.6. The molecule has 2 aromatic rings. The SMILES string of the molecule is CCCCCC(=O)O.O=C(c1ccccc1)c1ccc([N+](=O)[O-])cc1. The van der Waals surface area contributed by atoms with Crippen molar-refractivity contribution in [3.63, 3.8) is 0 Å². The molecule has 0 saturated carbocycles. The molecular weight excluding hydrogens is 322 g/mol. The first-order chi connectivity index (χ1) is 12.0. The van der Waals surface area contributed by atoms with E-state index in [9.17, 15) is 19.7 Å². The first-order valence-electron chi connectivity index (χ1n) is 8.01. The molecule has 1 N–H and O–H groups in total. The number of carboxylic acid groups (broad SMARTS) is 1. The van der Waals surface area contributed by atoms with Crippen molar-refractivity contribution in [3.8, 4) is 0 Å². The Morgan fingerprint density at radius 3 is 2.00 bits per heavy atom. The van der Waals surface area contributed by atoms with Crippen molar-refractivity contribution in [1.82, 2.24) is 0 Å². The van der Waals surface area contributed by atoms with Gasteiger partial charge in [-0.1, -0.05) is 50.1 Å². The molecule has 0 unspecified atom stereocenters. The van der Waals surface area contributed by atoms with Crippen LogP contribution in [0.5, 0.6) is 0 Å². The largest absolute Gasteiger partial charge is 0.481 e. The number of carboxylic acids is 1. The second kappa shape index (κ2) is 10.7. The predicted octanol–water partition coefficient (Wildman–Crippen LogP) is 4.48. The third-order valence-corrected chi connectivity index (χ3v) is 3.37. The lowest BCUT2D eigenvalue weighted by Gasteiger charge is -2.00. The van der Waals surface area contributed by atoms with Gasteiger partial charge in [-0.15, -0.1) is 0 Å². The zero-order valence-electron chi connectivity index (χ0n) is 14.1. The third kappa shape index (κ3) is 7.39. The van der Waals surface area contributed by atoms with Crippen LogP contribution in [0.1, 0.15) is 48.5 Å². The van der Waals surface area contributed by atoms with Crippen LogP contribution in [-0.4, -0.2) is 21.8 Å². The number of ketones is 1. The van der Waals surface area contributed by atoms with E-state index in [1.807, 2.05) is 6.07 Å². The zero-order valence-corrected chi connectivity index (χ0v) is 14.1. The minimum atomic E-state index is -0.682. The fraction of sp³-hybridized carbons (Fsp3) is 0.263. The molecule has 6 nitrogen and oxygen atoms in total. The number of unbranched alkanes of at least 4 members (excludes halogenated alkanes) is 2. The molecule has 0 aromatic heterocycles. The Balaban J connectivity index is 0.000000333. The summed E-state index contributed by atoms with van der Waals surface area (Å²) in [6.07, 6.45) is 3.28. The van der Waals surface area contributed by atoms with Crippen LogP contribution in [0.2, 0.25) is 0 Å². The van der Waals surface area contributed by atoms with Crippen LogP contribution in [0.4, 0.5) is 5.69 Å². The normalized spacial score (nSPS) is 9.64. The molecule has 0 aliphatic heterocycles. The van der Waals surface area contributed by atoms with E-state index in [1.54, 1.807) is 24.3 Å². The maximum atomic E-state index is 12.0. The molecule has 0 heterocycles. The molecule has 0 spiro atoms. The second-order valence-corrected chi connectivity index (χ2v) is 5.35. The first kappa shape index (κ1) is 20.0. The standard InChI is InChI=1S/C13H9NO3.C6H12O2/c15-13(10-4-2-1-3-5-10)11-6-8-12(9-7-11)14(16)17;1-2-3-4-5-6(7)8/h1-9H;2-5H2,1H3,(H,7,8). The first-order valence-corrected chi connectivity index (χ1v) is 8.01. The number of hydrogen-bond acceptors (Lipinski definition) is 4. The van der Waals surface area contributed by atoms with Gasteiger partial charge in [-0.25, -0.2) is 0 Å². The number of non-ortho nitro benzene ring substituents is 1. The number of nitro benzene ring substituents is 1. The second-order valence-electron chi connectivity index (χ2n) is 5.35. The Labute approximate surface area is 146 Å². The highest BCUT2D eigenvalue weighted by molar-refractivity contribution is 6.09. The molecule has 25 heavy (non-hydrogen) atoms. The number of rotatable bonds is 7. The molecular formula is C19H21NO5. The van der Waals surface area contributed by atoms with Crippen LogP contribution in [0.25, 0.3) is 0 Å². The summed E-state index contributed by atoms with van der Waals surface area (Å²) in [6.45, 7) is 2.06. The van der Waals surface area contributed by atoms with Crippen molar-refractivity contribution in [3.05, 3.63) is 75.8 Å². The van der Waals surface area contributed by atoms with Gasteiger partial charge >= 0.3 is 5.97 Å². The van der Waals surface area contributed by atoms with Gasteiger partial charge in [-0.3, -0.25) is 19.7 Å². The van der Waals surface area contributed by atoms with E-state index < -0.39 is 10.9 Å². The Kier molecular flexibility index (Phi) is 8.57. The van der Waals surface area contributed by atoms with Crippen LogP contribution in [0.15, 0.2) is 54.6 Å². The van der Waals surface area contributed by atoms with Gasteiger partial charge in [0.2, 0.25) is 0 Å². The lowest BCUT2D eigenvalue weighted by molar-refractivity contribution is -0.384. The number of benzene rings is 2. The molecule has 132 valence electrons. The Morgan fingerprint density at radius 1 is 0.960 bits per heavy atom. The summed E-state index contributed by atoms with van der Waals surface area (Å²) in [5.74, 6) is -0.820. The number of aliphatic carboxylic acids is 1. The number of carbonyl (C=O) groups is 2. The average Bonchev–Trinajstić information content (AvgIpc) is 2.62. The fourth-order valence-electron chi connectivity index (χ4n) is 2.02. The van der Waals surface area contributed by atoms with E-state index in [-0.39, 0.29) is 11.5 Å². The quantitative estimate of drug-likeness (QED) is 0.346. The minimum absolute atomic E-state index is 0.0189. The van der Waals surface area contributed by atoms with Crippen molar-refractivity contribution >= 4 is 17.4 Å². The third-order valence-electron chi connectivity index (χ3n) is 3.37. The van der Waals surface area contributed by atoms with Crippen molar-refractivity contribution in [1.29, 1.82) is 0 Å². The van der Waals surface area contributed by atoms with E-state index in [2.05, 4.69) is 6.92 Å². The minimum Gasteiger partial charge on any atom is -0.481 e. The number of hydrogen-bond donors (Lipinski definition) is 1. The number of nitrogens with zero attached hydrogens (tertiary/aromatic N) is 1. The Morgan fingerprint density at radius 2 is 1.52 bits per heavy atom. The maximum Gasteiger partial charge on any atom is 0.303 e. The van der Waals surface area contributed by atoms with Gasteiger partial charge in [0.05, 0.1) is 4.92 Å². The summed E-state index contributed by atoms with van der Waals surface area (Å²) >= 11 is 0. The molecule has 0 saturated heterocycles. The number of carbonyl (C=O) groups excluding carboxylic acids is 1. The summed E-state index contributed by atoms with van der Waals surface area (Å²) in [6, 6.07) is 14.4. The van der Waals surface area contributed by atoms with E-state index in [0.29, 0.717) is 17.5 Å². The zero-order chi connectivity index (χ0) is 18.7. The van der Waals surface area contributed by atoms with Crippen LogP contribution in [-0.2, 0) is 4.79 Å². The lowest BCUT2D eigenvalue weighted by atomic mass is 10.0. The highest BCUT2D eigenvalue weighted by Crippen LogP contribution is 2.15. The van der Waals surface area contributed by atoms with Gasteiger partial charge in [0.15, 0.2) is 5.78 Å². The highest BCUT2D eigenvalue weighted by Gasteiger charge is 2.10. The summed E-state index contributed by atoms with van der Waals surface area (Å²) < 4.78 is 0. The topological polar surface area (TPSA) is 97.5 Å². The fourth-order valence-corrected chi connectivity index (χ4v) is 2.02. The van der Waals surface area contributed by atoms with Crippen molar-refractivity contribution in [2.45, 2.75) is 32.6 Å². The molecule has 0 aliphatic carbocycles. The van der Waals surface area contributed by atoms with Crippen LogP contribution < -0.4 is 0 Å². The molecule has 0 radical (unpaired) electrons. The van der Waals surface area contributed by atoms with Gasteiger partial charge in [0, 0.05) is 29.7 Å². The predicted molar refractivity (Wildman–Crippen MR) is 94.7 cm³/mol. The average molecular weight is 343 g/mol. The van der Waals surface area contributed by atoms with Crippen molar-refractivity contribution in [2.24, 2.45) is 0 Å². The number of nitro groups is 1. The molecule has 2 aromatic carbocycles. The van der Waals surface area contributed by atoms with Crippen LogP contribution >= 0.6 is 0 Å². The molecule has 6 heteroatoms. The smallest absolute Gasteiger partial charge is 0.303 e. The van der Waals surface area contributed by atoms with Gasteiger partial charge in [-0.05, 0) is 18.6 Å². The van der Waals surface area contributed by atoms with E-state index in [0.717, 1.165) is 19.3 Å². The van der Waals surface area contributed by atoms with Crippen molar-refractivity contribution < 1.29 is 19.6 Å². The van der Waals surface area contributed by atoms with Crippen LogP contribution in [0, 0.1) is 10.1 Å². The van der Waals surface area contributed by atoms with Gasteiger partial charge in [-0.2, -0.15) is 0 Å². The summed E-state index contributed by atoms with van der Waals surface area (Å²) in [5, 5.41) is 18.6. The van der Waals surface area contributed by atoms with E-state index in [1.165, 1.54) is 24.3 Å².